The van der Waals surface area contributed by atoms with Crippen LogP contribution < -0.4 is 4.74 Å². The second-order valence-electron chi connectivity index (χ2n) is 8.38. The minimum Gasteiger partial charge on any atom is -0.473 e. The number of nitrogens with one attached hydrogen (secondary N) is 1. The fourth-order valence-corrected chi connectivity index (χ4v) is 4.27. The van der Waals surface area contributed by atoms with Gasteiger partial charge in [-0.2, -0.15) is 15.3 Å². The number of aryl methyl sites for hydroxylation is 2. The number of hydrogen-bond acceptors (Lipinski definition) is 5. The summed E-state index contributed by atoms with van der Waals surface area (Å²) in [5, 5.41) is 17.9. The molecule has 31 heavy (non-hydrogen) atoms. The number of rotatable bonds is 0. The zero-order valence-corrected chi connectivity index (χ0v) is 18.5. The standard InChI is InChI=1S/C23H27N7O/c1-14-12-28(3)13-22-17(15(2)29(4)27-22)7-9-21-18-10-16(6-8-20(18)25-26-21)19-11-24-30(5)23(19)31-14/h6-11,14H,12-13H2,1-5H3,(H,25,26)/b9-7+/t14-/m0/s1. The Morgan fingerprint density at radius 3 is 2.81 bits per heavy atom. The Labute approximate surface area is 181 Å². The molecule has 1 aromatic carbocycles. The third kappa shape index (κ3) is 3.42. The lowest BCUT2D eigenvalue weighted by molar-refractivity contribution is 0.148. The van der Waals surface area contributed by atoms with Crippen LogP contribution in [-0.4, -0.2) is 54.4 Å². The van der Waals surface area contributed by atoms with Crippen LogP contribution in [0, 0.1) is 6.92 Å². The Hall–Kier alpha value is -3.39. The van der Waals surface area contributed by atoms with E-state index in [2.05, 4.69) is 65.4 Å². The third-order valence-corrected chi connectivity index (χ3v) is 5.95. The summed E-state index contributed by atoms with van der Waals surface area (Å²) in [6.45, 7) is 5.70. The van der Waals surface area contributed by atoms with Gasteiger partial charge in [-0.3, -0.25) is 14.7 Å². The zero-order valence-electron chi connectivity index (χ0n) is 18.5. The Bertz CT molecular complexity index is 1290. The Balaban J connectivity index is 1.69. The average molecular weight is 418 g/mol. The molecule has 1 N–H and O–H groups in total. The van der Waals surface area contributed by atoms with E-state index in [1.54, 1.807) is 4.68 Å². The molecule has 4 aromatic rings. The number of nitrogens with zero attached hydrogens (tertiary/aromatic N) is 6. The van der Waals surface area contributed by atoms with Gasteiger partial charge in [0.2, 0.25) is 5.88 Å². The summed E-state index contributed by atoms with van der Waals surface area (Å²) in [6.07, 6.45) is 6.08. The van der Waals surface area contributed by atoms with E-state index in [4.69, 9.17) is 9.84 Å². The quantitative estimate of drug-likeness (QED) is 0.475. The van der Waals surface area contributed by atoms with Gasteiger partial charge in [0.05, 0.1) is 28.7 Å². The highest BCUT2D eigenvalue weighted by Gasteiger charge is 2.19. The number of H-pyrrole nitrogens is 1. The minimum absolute atomic E-state index is 0.0127. The molecule has 1 aliphatic rings. The van der Waals surface area contributed by atoms with E-state index in [1.807, 2.05) is 31.0 Å². The maximum atomic E-state index is 6.37. The molecule has 5 rings (SSSR count). The second-order valence-corrected chi connectivity index (χ2v) is 8.38. The van der Waals surface area contributed by atoms with Crippen LogP contribution in [0.5, 0.6) is 5.88 Å². The monoisotopic (exact) mass is 417 g/mol. The fraction of sp³-hybridized carbons (Fsp3) is 0.348. The molecule has 8 nitrogen and oxygen atoms in total. The van der Waals surface area contributed by atoms with Gasteiger partial charge in [-0.1, -0.05) is 6.07 Å². The summed E-state index contributed by atoms with van der Waals surface area (Å²) in [6, 6.07) is 6.25. The summed E-state index contributed by atoms with van der Waals surface area (Å²) in [5.74, 6) is 0.769. The molecule has 0 amide bonds. The molecule has 0 saturated carbocycles. The van der Waals surface area contributed by atoms with E-state index in [1.165, 1.54) is 0 Å². The molecule has 2 bridgehead atoms. The van der Waals surface area contributed by atoms with Gasteiger partial charge in [0.25, 0.3) is 0 Å². The van der Waals surface area contributed by atoms with Crippen molar-refractivity contribution < 1.29 is 4.74 Å². The normalized spacial score (nSPS) is 18.3. The van der Waals surface area contributed by atoms with E-state index < -0.39 is 0 Å². The third-order valence-electron chi connectivity index (χ3n) is 5.95. The first-order chi connectivity index (χ1) is 14.9. The number of benzene rings is 1. The maximum Gasteiger partial charge on any atom is 0.219 e. The van der Waals surface area contributed by atoms with Crippen molar-refractivity contribution in [1.82, 2.24) is 34.7 Å². The summed E-state index contributed by atoms with van der Waals surface area (Å²) in [7, 11) is 6.00. The van der Waals surface area contributed by atoms with Crippen molar-refractivity contribution in [2.45, 2.75) is 26.5 Å². The van der Waals surface area contributed by atoms with Crippen LogP contribution in [0.2, 0.25) is 0 Å². The summed E-state index contributed by atoms with van der Waals surface area (Å²) in [4.78, 5) is 2.24. The molecule has 0 fully saturated rings. The largest absolute Gasteiger partial charge is 0.473 e. The van der Waals surface area contributed by atoms with Crippen LogP contribution in [-0.2, 0) is 20.6 Å². The molecule has 1 aliphatic heterocycles. The molecule has 4 heterocycles. The predicted molar refractivity (Wildman–Crippen MR) is 122 cm³/mol. The average Bonchev–Trinajstić information content (AvgIpc) is 3.37. The number of aromatic nitrogens is 6. The van der Waals surface area contributed by atoms with Gasteiger partial charge in [-0.05, 0) is 50.7 Å². The van der Waals surface area contributed by atoms with Crippen LogP contribution in [0.15, 0.2) is 24.4 Å². The van der Waals surface area contributed by atoms with Crippen molar-refractivity contribution in [2.75, 3.05) is 13.6 Å². The molecule has 3 aromatic heterocycles. The van der Waals surface area contributed by atoms with Gasteiger partial charge in [0, 0.05) is 43.8 Å². The molecule has 0 radical (unpaired) electrons. The van der Waals surface area contributed by atoms with Crippen molar-refractivity contribution in [2.24, 2.45) is 14.1 Å². The Morgan fingerprint density at radius 2 is 1.97 bits per heavy atom. The van der Waals surface area contributed by atoms with Crippen LogP contribution in [0.4, 0.5) is 0 Å². The van der Waals surface area contributed by atoms with E-state index >= 15 is 0 Å². The SMILES string of the molecule is Cc1c2c(nn1C)CN(C)C[C@H](C)Oc1c(cnn1C)-c1ccc3n[nH]c(c3c1)/C=C/2. The number of likely N-dealkylation sites (N-methyl/N-ethyl adjacent to an activating group) is 1. The van der Waals surface area contributed by atoms with Crippen molar-refractivity contribution in [1.29, 1.82) is 0 Å². The number of hydrogen-bond donors (Lipinski definition) is 1. The minimum atomic E-state index is -0.0127. The van der Waals surface area contributed by atoms with Gasteiger partial charge in [0.15, 0.2) is 0 Å². The molecule has 8 heteroatoms. The predicted octanol–water partition coefficient (Wildman–Crippen LogP) is 3.39. The topological polar surface area (TPSA) is 76.8 Å². The van der Waals surface area contributed by atoms with E-state index in [0.29, 0.717) is 0 Å². The zero-order chi connectivity index (χ0) is 21.7. The van der Waals surface area contributed by atoms with Crippen molar-refractivity contribution in [3.63, 3.8) is 0 Å². The highest BCUT2D eigenvalue weighted by atomic mass is 16.5. The van der Waals surface area contributed by atoms with Crippen molar-refractivity contribution >= 4 is 23.1 Å². The van der Waals surface area contributed by atoms with Crippen molar-refractivity contribution in [3.8, 4) is 17.0 Å². The van der Waals surface area contributed by atoms with Gasteiger partial charge in [-0.25, -0.2) is 4.68 Å². The number of aromatic amines is 1. The van der Waals surface area contributed by atoms with Gasteiger partial charge >= 0.3 is 0 Å². The summed E-state index contributed by atoms with van der Waals surface area (Å²) >= 11 is 0. The van der Waals surface area contributed by atoms with E-state index in [-0.39, 0.29) is 6.10 Å². The number of fused-ring (bicyclic) bond motifs is 4. The van der Waals surface area contributed by atoms with E-state index in [0.717, 1.165) is 63.6 Å². The molecule has 0 spiro atoms. The molecule has 1 atom stereocenters. The highest BCUT2D eigenvalue weighted by Crippen LogP contribution is 2.33. The lowest BCUT2D eigenvalue weighted by Crippen LogP contribution is -2.31. The lowest BCUT2D eigenvalue weighted by Gasteiger charge is -2.22. The molecule has 0 saturated heterocycles. The van der Waals surface area contributed by atoms with Gasteiger partial charge < -0.3 is 4.74 Å². The van der Waals surface area contributed by atoms with Gasteiger partial charge in [0.1, 0.15) is 6.10 Å². The maximum absolute atomic E-state index is 6.37. The highest BCUT2D eigenvalue weighted by molar-refractivity contribution is 5.93. The molecular formula is C23H27N7O. The second kappa shape index (κ2) is 7.39. The molecular weight excluding hydrogens is 390 g/mol. The van der Waals surface area contributed by atoms with Crippen LogP contribution in [0.3, 0.4) is 0 Å². The van der Waals surface area contributed by atoms with Gasteiger partial charge in [-0.15, -0.1) is 0 Å². The van der Waals surface area contributed by atoms with Crippen LogP contribution in [0.25, 0.3) is 34.2 Å². The molecule has 0 aliphatic carbocycles. The van der Waals surface area contributed by atoms with Crippen LogP contribution >= 0.6 is 0 Å². The Kier molecular flexibility index (Phi) is 4.66. The number of ether oxygens (including phenoxy) is 1. The first-order valence-corrected chi connectivity index (χ1v) is 10.5. The summed E-state index contributed by atoms with van der Waals surface area (Å²) in [5.41, 5.74) is 7.25. The first kappa shape index (κ1) is 19.6. The Morgan fingerprint density at radius 1 is 1.13 bits per heavy atom. The van der Waals surface area contributed by atoms with E-state index in [9.17, 15) is 0 Å². The van der Waals surface area contributed by atoms with Crippen molar-refractivity contribution in [3.05, 3.63) is 47.0 Å². The molecule has 0 unspecified atom stereocenters. The smallest absolute Gasteiger partial charge is 0.219 e. The van der Waals surface area contributed by atoms with Crippen LogP contribution in [0.1, 0.15) is 29.6 Å². The molecule has 160 valence electrons. The summed E-state index contributed by atoms with van der Waals surface area (Å²) < 4.78 is 10.1. The lowest BCUT2D eigenvalue weighted by atomic mass is 10.0. The fourth-order valence-electron chi connectivity index (χ4n) is 4.27. The first-order valence-electron chi connectivity index (χ1n) is 10.5.